The molecule has 66 valence electrons. The highest BCUT2D eigenvalue weighted by Gasteiger charge is 2.19. The zero-order valence-corrected chi connectivity index (χ0v) is 8.45. The first kappa shape index (κ1) is 9.36. The van der Waals surface area contributed by atoms with E-state index in [1.54, 1.807) is 0 Å². The van der Waals surface area contributed by atoms with Crippen LogP contribution >= 0.6 is 11.8 Å². The second kappa shape index (κ2) is 4.33. The van der Waals surface area contributed by atoms with Crippen molar-refractivity contribution in [3.8, 4) is 0 Å². The summed E-state index contributed by atoms with van der Waals surface area (Å²) >= 11 is 2.05. The lowest BCUT2D eigenvalue weighted by Gasteiger charge is -2.33. The third-order valence-electron chi connectivity index (χ3n) is 1.88. The molecule has 1 aliphatic heterocycles. The summed E-state index contributed by atoms with van der Waals surface area (Å²) in [5, 5.41) is 4.83. The van der Waals surface area contributed by atoms with E-state index >= 15 is 0 Å². The Morgan fingerprint density at radius 3 is 2.82 bits per heavy atom. The van der Waals surface area contributed by atoms with Crippen LogP contribution in [-0.2, 0) is 0 Å². The van der Waals surface area contributed by atoms with Gasteiger partial charge in [-0.15, -0.1) is 11.8 Å². The second-order valence-corrected chi connectivity index (χ2v) is 5.08. The van der Waals surface area contributed by atoms with Crippen LogP contribution in [0.25, 0.3) is 0 Å². The van der Waals surface area contributed by atoms with Gasteiger partial charge in [0.05, 0.1) is 5.37 Å². The molecule has 0 spiro atoms. The van der Waals surface area contributed by atoms with Gasteiger partial charge in [-0.05, 0) is 7.05 Å². The Morgan fingerprint density at radius 2 is 2.27 bits per heavy atom. The van der Waals surface area contributed by atoms with Gasteiger partial charge in [0.1, 0.15) is 0 Å². The molecule has 0 aliphatic carbocycles. The molecule has 1 rings (SSSR count). The largest absolute Gasteiger partial charge is 0.313 e. The Kier molecular flexibility index (Phi) is 3.69. The van der Waals surface area contributed by atoms with Gasteiger partial charge in [-0.25, -0.2) is 0 Å². The van der Waals surface area contributed by atoms with Crippen LogP contribution in [0.4, 0.5) is 0 Å². The summed E-state index contributed by atoms with van der Waals surface area (Å²) < 4.78 is 0. The van der Waals surface area contributed by atoms with E-state index in [1.165, 1.54) is 6.54 Å². The van der Waals surface area contributed by atoms with Gasteiger partial charge in [-0.1, -0.05) is 13.8 Å². The van der Waals surface area contributed by atoms with Crippen molar-refractivity contribution >= 4 is 11.8 Å². The van der Waals surface area contributed by atoms with Crippen molar-refractivity contribution in [1.82, 2.24) is 10.2 Å². The molecule has 0 amide bonds. The topological polar surface area (TPSA) is 15.3 Å². The lowest BCUT2D eigenvalue weighted by Crippen LogP contribution is -2.47. The lowest BCUT2D eigenvalue weighted by molar-refractivity contribution is 0.265. The first-order chi connectivity index (χ1) is 5.20. The van der Waals surface area contributed by atoms with Crippen LogP contribution in [0.3, 0.4) is 0 Å². The number of hydrogen-bond donors (Lipinski definition) is 1. The first-order valence-electron chi connectivity index (χ1n) is 4.26. The summed E-state index contributed by atoms with van der Waals surface area (Å²) in [6, 6.07) is 0. The fourth-order valence-corrected chi connectivity index (χ4v) is 2.40. The maximum atomic E-state index is 3.41. The van der Waals surface area contributed by atoms with Crippen molar-refractivity contribution in [1.29, 1.82) is 0 Å². The van der Waals surface area contributed by atoms with Crippen LogP contribution in [0.15, 0.2) is 0 Å². The zero-order valence-electron chi connectivity index (χ0n) is 7.63. The third-order valence-corrected chi connectivity index (χ3v) is 3.27. The van der Waals surface area contributed by atoms with Gasteiger partial charge in [-0.2, -0.15) is 0 Å². The molecule has 2 nitrogen and oxygen atoms in total. The maximum Gasteiger partial charge on any atom is 0.0684 e. The van der Waals surface area contributed by atoms with Crippen molar-refractivity contribution in [3.05, 3.63) is 0 Å². The van der Waals surface area contributed by atoms with Crippen molar-refractivity contribution < 1.29 is 0 Å². The van der Waals surface area contributed by atoms with Crippen LogP contribution in [0, 0.1) is 0 Å². The highest BCUT2D eigenvalue weighted by molar-refractivity contribution is 8.00. The van der Waals surface area contributed by atoms with Crippen molar-refractivity contribution in [3.63, 3.8) is 0 Å². The molecule has 1 unspecified atom stereocenters. The zero-order chi connectivity index (χ0) is 8.27. The molecule has 0 bridgehead atoms. The molecule has 0 aromatic heterocycles. The molecule has 1 N–H and O–H groups in total. The van der Waals surface area contributed by atoms with Crippen LogP contribution in [-0.4, -0.2) is 42.2 Å². The molecule has 1 saturated heterocycles. The van der Waals surface area contributed by atoms with E-state index in [0.29, 0.717) is 5.37 Å². The number of hydrogen-bond acceptors (Lipinski definition) is 3. The molecule has 1 heterocycles. The number of nitrogens with zero attached hydrogens (tertiary/aromatic N) is 1. The van der Waals surface area contributed by atoms with E-state index in [2.05, 4.69) is 31.1 Å². The minimum atomic E-state index is 0.684. The molecule has 0 saturated carbocycles. The average Bonchev–Trinajstić information content (AvgIpc) is 1.93. The SMILES string of the molecule is CC(C)SC1CNCCN1C. The summed E-state index contributed by atoms with van der Waals surface area (Å²) in [5.74, 6) is 0. The van der Waals surface area contributed by atoms with E-state index in [1.807, 2.05) is 11.8 Å². The monoisotopic (exact) mass is 174 g/mol. The Balaban J connectivity index is 2.29. The number of rotatable bonds is 2. The molecule has 1 atom stereocenters. The minimum Gasteiger partial charge on any atom is -0.313 e. The quantitative estimate of drug-likeness (QED) is 0.672. The Morgan fingerprint density at radius 1 is 1.55 bits per heavy atom. The van der Waals surface area contributed by atoms with Gasteiger partial charge in [0.2, 0.25) is 0 Å². The predicted octanol–water partition coefficient (Wildman–Crippen LogP) is 0.989. The normalized spacial score (nSPS) is 27.8. The fourth-order valence-electron chi connectivity index (χ4n) is 1.25. The third kappa shape index (κ3) is 3.01. The van der Waals surface area contributed by atoms with Gasteiger partial charge < -0.3 is 5.32 Å². The van der Waals surface area contributed by atoms with Crippen molar-refractivity contribution in [2.45, 2.75) is 24.5 Å². The fraction of sp³-hybridized carbons (Fsp3) is 1.00. The van der Waals surface area contributed by atoms with Gasteiger partial charge in [0, 0.05) is 24.9 Å². The predicted molar refractivity (Wildman–Crippen MR) is 52.0 cm³/mol. The van der Waals surface area contributed by atoms with Gasteiger partial charge in [0.15, 0.2) is 0 Å². The minimum absolute atomic E-state index is 0.684. The first-order valence-corrected chi connectivity index (χ1v) is 5.21. The summed E-state index contributed by atoms with van der Waals surface area (Å²) in [6.07, 6.45) is 0. The Bertz CT molecular complexity index is 117. The average molecular weight is 174 g/mol. The van der Waals surface area contributed by atoms with E-state index in [-0.39, 0.29) is 0 Å². The highest BCUT2D eigenvalue weighted by atomic mass is 32.2. The molecule has 1 fully saturated rings. The van der Waals surface area contributed by atoms with Crippen LogP contribution in [0.1, 0.15) is 13.8 Å². The number of likely N-dealkylation sites (N-methyl/N-ethyl adjacent to an activating group) is 1. The lowest BCUT2D eigenvalue weighted by atomic mass is 10.4. The maximum absolute atomic E-state index is 3.41. The van der Waals surface area contributed by atoms with E-state index < -0.39 is 0 Å². The standard InChI is InChI=1S/C8H18N2S/c1-7(2)11-8-6-9-4-5-10(8)3/h7-9H,4-6H2,1-3H3. The molecule has 1 aliphatic rings. The van der Waals surface area contributed by atoms with E-state index in [0.717, 1.165) is 18.3 Å². The molecule has 3 heteroatoms. The Labute approximate surface area is 73.7 Å². The Hall–Kier alpha value is 0.270. The number of thioether (sulfide) groups is 1. The van der Waals surface area contributed by atoms with Crippen molar-refractivity contribution in [2.75, 3.05) is 26.7 Å². The molecule has 0 aromatic carbocycles. The van der Waals surface area contributed by atoms with E-state index in [4.69, 9.17) is 0 Å². The molecular formula is C8H18N2S. The van der Waals surface area contributed by atoms with Crippen LogP contribution in [0.5, 0.6) is 0 Å². The summed E-state index contributed by atoms with van der Waals surface area (Å²) in [4.78, 5) is 2.43. The van der Waals surface area contributed by atoms with Gasteiger partial charge >= 0.3 is 0 Å². The van der Waals surface area contributed by atoms with Crippen LogP contribution < -0.4 is 5.32 Å². The van der Waals surface area contributed by atoms with Crippen molar-refractivity contribution in [2.24, 2.45) is 0 Å². The summed E-state index contributed by atoms with van der Waals surface area (Å²) in [7, 11) is 2.21. The second-order valence-electron chi connectivity index (χ2n) is 3.32. The number of piperazine rings is 1. The van der Waals surface area contributed by atoms with Gasteiger partial charge in [0.25, 0.3) is 0 Å². The number of nitrogens with one attached hydrogen (secondary N) is 1. The van der Waals surface area contributed by atoms with E-state index in [9.17, 15) is 0 Å². The summed E-state index contributed by atoms with van der Waals surface area (Å²) in [6.45, 7) is 7.98. The molecular weight excluding hydrogens is 156 g/mol. The summed E-state index contributed by atoms with van der Waals surface area (Å²) in [5.41, 5.74) is 0. The van der Waals surface area contributed by atoms with Crippen LogP contribution in [0.2, 0.25) is 0 Å². The molecule has 0 radical (unpaired) electrons. The molecule has 0 aromatic rings. The smallest absolute Gasteiger partial charge is 0.0684 e. The van der Waals surface area contributed by atoms with Gasteiger partial charge in [-0.3, -0.25) is 4.90 Å². The highest BCUT2D eigenvalue weighted by Crippen LogP contribution is 2.20. The molecule has 11 heavy (non-hydrogen) atoms.